The van der Waals surface area contributed by atoms with Crippen LogP contribution in [-0.4, -0.2) is 52.3 Å². The number of methoxy groups -OCH3 is 1. The topological polar surface area (TPSA) is 93.5 Å². The minimum atomic E-state index is -0.352. The zero-order valence-corrected chi connectivity index (χ0v) is 17.9. The summed E-state index contributed by atoms with van der Waals surface area (Å²) in [5, 5.41) is 3.69. The second kappa shape index (κ2) is 9.22. The van der Waals surface area contributed by atoms with E-state index in [1.54, 1.807) is 17.7 Å². The summed E-state index contributed by atoms with van der Waals surface area (Å²) in [7, 11) is 1.61. The number of urea groups is 1. The van der Waals surface area contributed by atoms with Gasteiger partial charge in [-0.25, -0.2) is 9.78 Å². The van der Waals surface area contributed by atoms with Crippen molar-refractivity contribution in [3.63, 3.8) is 0 Å². The summed E-state index contributed by atoms with van der Waals surface area (Å²) < 4.78 is 6.88. The lowest BCUT2D eigenvalue weighted by molar-refractivity contribution is -0.124. The molecule has 9 heteroatoms. The van der Waals surface area contributed by atoms with Gasteiger partial charge in [0.2, 0.25) is 5.91 Å². The second-order valence-electron chi connectivity index (χ2n) is 7.06. The van der Waals surface area contributed by atoms with Crippen LogP contribution in [0.25, 0.3) is 10.9 Å². The maximum absolute atomic E-state index is 13.2. The molecule has 1 saturated heterocycles. The Morgan fingerprint density at radius 2 is 1.87 bits per heavy atom. The van der Waals surface area contributed by atoms with E-state index in [0.29, 0.717) is 41.3 Å². The van der Waals surface area contributed by atoms with Crippen LogP contribution in [0.5, 0.6) is 5.75 Å². The summed E-state index contributed by atoms with van der Waals surface area (Å²) >= 11 is 1.45. The molecule has 2 aromatic carbocycles. The van der Waals surface area contributed by atoms with Crippen LogP contribution in [0.15, 0.2) is 58.5 Å². The molecule has 0 aliphatic carbocycles. The van der Waals surface area contributed by atoms with E-state index in [-0.39, 0.29) is 24.0 Å². The predicted octanol–water partition coefficient (Wildman–Crippen LogP) is 2.49. The van der Waals surface area contributed by atoms with Crippen LogP contribution in [0.4, 0.5) is 4.79 Å². The summed E-state index contributed by atoms with van der Waals surface area (Å²) in [6, 6.07) is 14.5. The molecule has 3 aromatic rings. The largest absolute Gasteiger partial charge is 0.497 e. The quantitative estimate of drug-likeness (QED) is 0.251. The van der Waals surface area contributed by atoms with Crippen molar-refractivity contribution in [3.05, 3.63) is 64.4 Å². The van der Waals surface area contributed by atoms with Crippen molar-refractivity contribution in [1.82, 2.24) is 19.8 Å². The van der Waals surface area contributed by atoms with Gasteiger partial charge in [0.05, 0.1) is 31.1 Å². The van der Waals surface area contributed by atoms with E-state index in [4.69, 9.17) is 9.72 Å². The van der Waals surface area contributed by atoms with Crippen LogP contribution in [0.1, 0.15) is 12.0 Å². The molecule has 1 aliphatic heterocycles. The van der Waals surface area contributed by atoms with E-state index >= 15 is 0 Å². The highest BCUT2D eigenvalue weighted by atomic mass is 32.2. The molecule has 0 atom stereocenters. The van der Waals surface area contributed by atoms with E-state index < -0.39 is 0 Å². The van der Waals surface area contributed by atoms with Crippen molar-refractivity contribution in [1.29, 1.82) is 0 Å². The molecule has 0 spiro atoms. The molecule has 1 aliphatic rings. The number of ether oxygens (including phenoxy) is 1. The molecule has 4 rings (SSSR count). The molecule has 1 aromatic heterocycles. The van der Waals surface area contributed by atoms with Crippen molar-refractivity contribution in [3.8, 4) is 5.75 Å². The number of para-hydroxylation sites is 1. The van der Waals surface area contributed by atoms with Gasteiger partial charge in [0.25, 0.3) is 5.56 Å². The molecule has 2 heterocycles. The van der Waals surface area contributed by atoms with Gasteiger partial charge in [0, 0.05) is 12.3 Å². The van der Waals surface area contributed by atoms with Gasteiger partial charge >= 0.3 is 6.03 Å². The van der Waals surface area contributed by atoms with Crippen molar-refractivity contribution < 1.29 is 14.3 Å². The first kappa shape index (κ1) is 20.9. The highest BCUT2D eigenvalue weighted by Gasteiger charge is 2.27. The number of hydrogen-bond donors (Lipinski definition) is 1. The molecule has 160 valence electrons. The van der Waals surface area contributed by atoms with Gasteiger partial charge in [-0.15, -0.1) is 0 Å². The lowest BCUT2D eigenvalue weighted by atomic mass is 10.2. The second-order valence-corrected chi connectivity index (χ2v) is 8.12. The monoisotopic (exact) mass is 438 g/mol. The van der Waals surface area contributed by atoms with Crippen molar-refractivity contribution in [2.75, 3.05) is 26.0 Å². The number of imide groups is 1. The number of carbonyl (C=O) groups is 2. The first-order valence-corrected chi connectivity index (χ1v) is 10.9. The van der Waals surface area contributed by atoms with Gasteiger partial charge < -0.3 is 10.1 Å². The SMILES string of the molecule is COc1ccc(Cn2c(SCCCN3C(=O)CNC3=O)nc3ccccc3c2=O)cc1. The normalized spacial score (nSPS) is 13.6. The lowest BCUT2D eigenvalue weighted by Crippen LogP contribution is -2.32. The Hall–Kier alpha value is -3.33. The molecule has 31 heavy (non-hydrogen) atoms. The molecule has 3 amide bonds. The predicted molar refractivity (Wildman–Crippen MR) is 119 cm³/mol. The minimum absolute atomic E-state index is 0.0552. The fourth-order valence-electron chi connectivity index (χ4n) is 3.38. The lowest BCUT2D eigenvalue weighted by Gasteiger charge is -2.15. The van der Waals surface area contributed by atoms with Crippen LogP contribution in [-0.2, 0) is 11.3 Å². The number of thioether (sulfide) groups is 1. The fraction of sp³-hybridized carbons (Fsp3) is 0.273. The number of hydrogen-bond acceptors (Lipinski definition) is 6. The summed E-state index contributed by atoms with van der Waals surface area (Å²) in [6.45, 7) is 0.781. The maximum atomic E-state index is 13.2. The van der Waals surface area contributed by atoms with E-state index in [0.717, 1.165) is 11.3 Å². The Morgan fingerprint density at radius 3 is 2.58 bits per heavy atom. The smallest absolute Gasteiger partial charge is 0.324 e. The number of carbonyl (C=O) groups excluding carboxylic acids is 2. The summed E-state index contributed by atoms with van der Waals surface area (Å²) in [5.41, 5.74) is 1.51. The number of nitrogens with one attached hydrogen (secondary N) is 1. The number of amides is 3. The van der Waals surface area contributed by atoms with Gasteiger partial charge in [-0.1, -0.05) is 36.0 Å². The van der Waals surface area contributed by atoms with Gasteiger partial charge in [-0.3, -0.25) is 19.1 Å². The standard InChI is InChI=1S/C22H22N4O4S/c1-30-16-9-7-15(8-10-16)14-26-20(28)17-5-2-3-6-18(17)24-22(26)31-12-4-11-25-19(27)13-23-21(25)29/h2-3,5-10H,4,11-14H2,1H3,(H,23,29). The average Bonchev–Trinajstić information content (AvgIpc) is 3.11. The highest BCUT2D eigenvalue weighted by molar-refractivity contribution is 7.99. The third-order valence-electron chi connectivity index (χ3n) is 5.02. The Balaban J connectivity index is 1.55. The van der Waals surface area contributed by atoms with Crippen molar-refractivity contribution >= 4 is 34.6 Å². The third kappa shape index (κ3) is 4.56. The fourth-order valence-corrected chi connectivity index (χ4v) is 4.30. The van der Waals surface area contributed by atoms with Crippen LogP contribution < -0.4 is 15.6 Å². The molecule has 1 fully saturated rings. The summed E-state index contributed by atoms with van der Waals surface area (Å²) in [4.78, 5) is 42.5. The minimum Gasteiger partial charge on any atom is -0.497 e. The summed E-state index contributed by atoms with van der Waals surface area (Å²) in [5.74, 6) is 1.16. The van der Waals surface area contributed by atoms with Crippen LogP contribution in [0.3, 0.4) is 0 Å². The van der Waals surface area contributed by atoms with E-state index in [2.05, 4.69) is 5.32 Å². The Bertz CT molecular complexity index is 1160. The third-order valence-corrected chi connectivity index (χ3v) is 6.08. The maximum Gasteiger partial charge on any atom is 0.324 e. The number of aromatic nitrogens is 2. The highest BCUT2D eigenvalue weighted by Crippen LogP contribution is 2.21. The van der Waals surface area contributed by atoms with Crippen molar-refractivity contribution in [2.24, 2.45) is 0 Å². The molecule has 8 nitrogen and oxygen atoms in total. The number of nitrogens with zero attached hydrogens (tertiary/aromatic N) is 3. The Kier molecular flexibility index (Phi) is 6.22. The Labute approximate surface area is 183 Å². The zero-order chi connectivity index (χ0) is 21.8. The average molecular weight is 439 g/mol. The molecule has 1 N–H and O–H groups in total. The molecule has 0 radical (unpaired) electrons. The van der Waals surface area contributed by atoms with Gasteiger partial charge in [-0.05, 0) is 36.2 Å². The first-order chi connectivity index (χ1) is 15.1. The number of rotatable bonds is 8. The van der Waals surface area contributed by atoms with Crippen LogP contribution in [0, 0.1) is 0 Å². The van der Waals surface area contributed by atoms with Crippen molar-refractivity contribution in [2.45, 2.75) is 18.1 Å². The van der Waals surface area contributed by atoms with Gasteiger partial charge in [0.15, 0.2) is 5.16 Å². The number of benzene rings is 2. The zero-order valence-electron chi connectivity index (χ0n) is 17.0. The molecule has 0 saturated carbocycles. The molecule has 0 unspecified atom stereocenters. The molecular weight excluding hydrogens is 416 g/mol. The molecular formula is C22H22N4O4S. The Morgan fingerprint density at radius 1 is 1.10 bits per heavy atom. The van der Waals surface area contributed by atoms with Crippen LogP contribution >= 0.6 is 11.8 Å². The van der Waals surface area contributed by atoms with E-state index in [1.165, 1.54) is 16.7 Å². The number of fused-ring (bicyclic) bond motifs is 1. The van der Waals surface area contributed by atoms with E-state index in [1.807, 2.05) is 42.5 Å². The van der Waals surface area contributed by atoms with Gasteiger partial charge in [0.1, 0.15) is 5.75 Å². The summed E-state index contributed by atoms with van der Waals surface area (Å²) in [6.07, 6.45) is 0.606. The first-order valence-electron chi connectivity index (χ1n) is 9.90. The van der Waals surface area contributed by atoms with Crippen LogP contribution in [0.2, 0.25) is 0 Å². The van der Waals surface area contributed by atoms with E-state index in [9.17, 15) is 14.4 Å². The molecule has 0 bridgehead atoms. The van der Waals surface area contributed by atoms with Gasteiger partial charge in [-0.2, -0.15) is 0 Å².